The first-order valence-corrected chi connectivity index (χ1v) is 9.50. The van der Waals surface area contributed by atoms with Crippen LogP contribution in [0.3, 0.4) is 0 Å². The molecule has 3 N–H and O–H groups in total. The first-order valence-electron chi connectivity index (χ1n) is 8.02. The molecule has 1 atom stereocenters. The number of allylic oxidation sites excluding steroid dienone is 1. The van der Waals surface area contributed by atoms with Crippen LogP contribution in [0.15, 0.2) is 35.2 Å². The van der Waals surface area contributed by atoms with Gasteiger partial charge < -0.3 is 10.4 Å². The zero-order valence-electron chi connectivity index (χ0n) is 14.2. The van der Waals surface area contributed by atoms with E-state index in [2.05, 4.69) is 10.0 Å². The number of nitrogens with one attached hydrogen (secondary N) is 2. The lowest BCUT2D eigenvalue weighted by atomic mass is 10.1. The largest absolute Gasteiger partial charge is 0.480 e. The molecule has 1 aliphatic rings. The number of carbonyl (C=O) groups excluding carboxylic acids is 1. The van der Waals surface area contributed by atoms with E-state index < -0.39 is 27.9 Å². The SMILES string of the molecule is C/C=C/CC(NC(=O)c1cc(S(=O)(=O)NC2CC2)ccc1C)C(=O)O. The van der Waals surface area contributed by atoms with Crippen molar-refractivity contribution in [3.05, 3.63) is 41.5 Å². The predicted molar refractivity (Wildman–Crippen MR) is 92.8 cm³/mol. The number of carbonyl (C=O) groups is 2. The molecule has 25 heavy (non-hydrogen) atoms. The summed E-state index contributed by atoms with van der Waals surface area (Å²) >= 11 is 0. The molecule has 1 aromatic carbocycles. The van der Waals surface area contributed by atoms with Crippen LogP contribution in [0.25, 0.3) is 0 Å². The Balaban J connectivity index is 2.23. The molecular formula is C17H22N2O5S. The summed E-state index contributed by atoms with van der Waals surface area (Å²) in [6, 6.07) is 3.14. The van der Waals surface area contributed by atoms with Crippen LogP contribution in [0.4, 0.5) is 0 Å². The molecule has 1 aliphatic carbocycles. The minimum Gasteiger partial charge on any atom is -0.480 e. The topological polar surface area (TPSA) is 113 Å². The van der Waals surface area contributed by atoms with Gasteiger partial charge in [0.2, 0.25) is 10.0 Å². The van der Waals surface area contributed by atoms with Gasteiger partial charge in [-0.3, -0.25) is 4.79 Å². The van der Waals surface area contributed by atoms with Gasteiger partial charge in [0.25, 0.3) is 5.91 Å². The smallest absolute Gasteiger partial charge is 0.326 e. The van der Waals surface area contributed by atoms with Crippen LogP contribution in [0.5, 0.6) is 0 Å². The third kappa shape index (κ3) is 5.14. The molecule has 0 heterocycles. The van der Waals surface area contributed by atoms with Gasteiger partial charge in [0.05, 0.1) is 4.90 Å². The highest BCUT2D eigenvalue weighted by molar-refractivity contribution is 7.89. The van der Waals surface area contributed by atoms with Gasteiger partial charge in [-0.1, -0.05) is 18.2 Å². The van der Waals surface area contributed by atoms with Gasteiger partial charge in [-0.25, -0.2) is 17.9 Å². The minimum absolute atomic E-state index is 0.00419. The summed E-state index contributed by atoms with van der Waals surface area (Å²) in [4.78, 5) is 23.7. The maximum Gasteiger partial charge on any atom is 0.326 e. The number of aryl methyl sites for hydroxylation is 1. The molecule has 7 nitrogen and oxygen atoms in total. The Kier molecular flexibility index (Phi) is 5.97. The number of sulfonamides is 1. The summed E-state index contributed by atoms with van der Waals surface area (Å²) < 4.78 is 27.1. The molecule has 0 aliphatic heterocycles. The molecule has 0 saturated heterocycles. The van der Waals surface area contributed by atoms with Gasteiger partial charge >= 0.3 is 5.97 Å². The van der Waals surface area contributed by atoms with Gasteiger partial charge in [-0.15, -0.1) is 0 Å². The maximum absolute atomic E-state index is 12.4. The van der Waals surface area contributed by atoms with Crippen LogP contribution in [-0.4, -0.2) is 37.5 Å². The fraction of sp³-hybridized carbons (Fsp3) is 0.412. The molecule has 1 amide bonds. The summed E-state index contributed by atoms with van der Waals surface area (Å²) in [5.74, 6) is -1.76. The van der Waals surface area contributed by atoms with Crippen molar-refractivity contribution in [1.29, 1.82) is 0 Å². The van der Waals surface area contributed by atoms with E-state index in [4.69, 9.17) is 0 Å². The number of rotatable bonds is 8. The molecular weight excluding hydrogens is 344 g/mol. The number of aliphatic carboxylic acids is 1. The number of hydrogen-bond acceptors (Lipinski definition) is 4. The van der Waals surface area contributed by atoms with E-state index in [9.17, 15) is 23.1 Å². The number of carboxylic acids is 1. The van der Waals surface area contributed by atoms with Crippen molar-refractivity contribution in [3.63, 3.8) is 0 Å². The lowest BCUT2D eigenvalue weighted by Gasteiger charge is -2.15. The lowest BCUT2D eigenvalue weighted by molar-refractivity contribution is -0.139. The van der Waals surface area contributed by atoms with E-state index in [1.807, 2.05) is 0 Å². The molecule has 0 bridgehead atoms. The van der Waals surface area contributed by atoms with Gasteiger partial charge in [0.15, 0.2) is 0 Å². The Morgan fingerprint density at radius 3 is 2.60 bits per heavy atom. The van der Waals surface area contributed by atoms with Crippen molar-refractivity contribution in [1.82, 2.24) is 10.0 Å². The summed E-state index contributed by atoms with van der Waals surface area (Å²) in [6.07, 6.45) is 5.11. The van der Waals surface area contributed by atoms with E-state index in [0.29, 0.717) is 5.56 Å². The predicted octanol–water partition coefficient (Wildman–Crippen LogP) is 1.58. The van der Waals surface area contributed by atoms with E-state index in [1.165, 1.54) is 18.2 Å². The number of hydrogen-bond donors (Lipinski definition) is 3. The number of amides is 1. The van der Waals surface area contributed by atoms with E-state index in [1.54, 1.807) is 26.0 Å². The molecule has 1 aromatic rings. The second-order valence-electron chi connectivity index (χ2n) is 6.04. The maximum atomic E-state index is 12.4. The molecule has 1 fully saturated rings. The molecule has 1 saturated carbocycles. The standard InChI is InChI=1S/C17H22N2O5S/c1-3-4-5-15(17(21)22)18-16(20)14-10-13(9-6-11(14)2)25(23,24)19-12-7-8-12/h3-4,6,9-10,12,15,19H,5,7-8H2,1-2H3,(H,18,20)(H,21,22)/b4-3+. The summed E-state index contributed by atoms with van der Waals surface area (Å²) in [5, 5.41) is 11.6. The molecule has 1 unspecified atom stereocenters. The highest BCUT2D eigenvalue weighted by Crippen LogP contribution is 2.23. The van der Waals surface area contributed by atoms with Gasteiger partial charge in [0, 0.05) is 11.6 Å². The molecule has 0 radical (unpaired) electrons. The van der Waals surface area contributed by atoms with E-state index in [0.717, 1.165) is 12.8 Å². The van der Waals surface area contributed by atoms with Gasteiger partial charge in [-0.05, 0) is 50.8 Å². The average molecular weight is 366 g/mol. The van der Waals surface area contributed by atoms with Crippen molar-refractivity contribution >= 4 is 21.9 Å². The average Bonchev–Trinajstić information content (AvgIpc) is 3.34. The van der Waals surface area contributed by atoms with Crippen LogP contribution >= 0.6 is 0 Å². The van der Waals surface area contributed by atoms with Crippen LogP contribution < -0.4 is 10.0 Å². The summed E-state index contributed by atoms with van der Waals surface area (Å²) in [5.41, 5.74) is 0.712. The number of carboxylic acid groups (broad SMARTS) is 1. The van der Waals surface area contributed by atoms with E-state index >= 15 is 0 Å². The Bertz CT molecular complexity index is 797. The van der Waals surface area contributed by atoms with Crippen LogP contribution in [0, 0.1) is 6.92 Å². The fourth-order valence-corrected chi connectivity index (χ4v) is 3.56. The first kappa shape index (κ1) is 19.1. The Morgan fingerprint density at radius 1 is 1.36 bits per heavy atom. The van der Waals surface area contributed by atoms with Crippen LogP contribution in [0.1, 0.15) is 42.1 Å². The quantitative estimate of drug-likeness (QED) is 0.605. The molecule has 2 rings (SSSR count). The van der Waals surface area contributed by atoms with Crippen LogP contribution in [-0.2, 0) is 14.8 Å². The first-order chi connectivity index (χ1) is 11.7. The van der Waals surface area contributed by atoms with Crippen molar-refractivity contribution in [2.45, 2.75) is 50.1 Å². The van der Waals surface area contributed by atoms with Crippen LogP contribution in [0.2, 0.25) is 0 Å². The summed E-state index contributed by atoms with van der Waals surface area (Å²) in [6.45, 7) is 3.42. The Hall–Kier alpha value is -2.19. The third-order valence-electron chi connectivity index (χ3n) is 3.87. The van der Waals surface area contributed by atoms with Gasteiger partial charge in [0.1, 0.15) is 6.04 Å². The zero-order valence-corrected chi connectivity index (χ0v) is 15.0. The highest BCUT2D eigenvalue weighted by Gasteiger charge is 2.29. The molecule has 136 valence electrons. The molecule has 8 heteroatoms. The molecule has 0 aromatic heterocycles. The van der Waals surface area contributed by atoms with Crippen molar-refractivity contribution in [2.24, 2.45) is 0 Å². The fourth-order valence-electron chi connectivity index (χ4n) is 2.23. The highest BCUT2D eigenvalue weighted by atomic mass is 32.2. The van der Waals surface area contributed by atoms with Crippen molar-refractivity contribution in [2.75, 3.05) is 0 Å². The monoisotopic (exact) mass is 366 g/mol. The second kappa shape index (κ2) is 7.79. The Morgan fingerprint density at radius 2 is 2.04 bits per heavy atom. The van der Waals surface area contributed by atoms with E-state index in [-0.39, 0.29) is 22.9 Å². The van der Waals surface area contributed by atoms with Crippen molar-refractivity contribution in [3.8, 4) is 0 Å². The molecule has 0 spiro atoms. The van der Waals surface area contributed by atoms with Gasteiger partial charge in [-0.2, -0.15) is 0 Å². The normalized spacial score (nSPS) is 15.9. The number of benzene rings is 1. The lowest BCUT2D eigenvalue weighted by Crippen LogP contribution is -2.40. The Labute approximate surface area is 147 Å². The second-order valence-corrected chi connectivity index (χ2v) is 7.76. The van der Waals surface area contributed by atoms with Crippen molar-refractivity contribution < 1.29 is 23.1 Å². The minimum atomic E-state index is -3.69. The third-order valence-corrected chi connectivity index (χ3v) is 5.39. The summed E-state index contributed by atoms with van der Waals surface area (Å²) in [7, 11) is -3.69. The zero-order chi connectivity index (χ0) is 18.6.